The Morgan fingerprint density at radius 2 is 1.96 bits per heavy atom. The first-order valence-corrected chi connectivity index (χ1v) is 8.98. The van der Waals surface area contributed by atoms with E-state index in [1.165, 1.54) is 26.2 Å². The lowest BCUT2D eigenvalue weighted by Gasteiger charge is -2.08. The number of methoxy groups -OCH3 is 1. The molecule has 1 heterocycles. The van der Waals surface area contributed by atoms with E-state index in [1.807, 2.05) is 0 Å². The van der Waals surface area contributed by atoms with Crippen molar-refractivity contribution in [2.75, 3.05) is 19.0 Å². The van der Waals surface area contributed by atoms with E-state index in [9.17, 15) is 24.5 Å². The molecule has 0 aliphatic heterocycles. The highest BCUT2D eigenvalue weighted by Crippen LogP contribution is 2.35. The maximum atomic E-state index is 12.6. The zero-order valence-electron chi connectivity index (χ0n) is 15.7. The fourth-order valence-corrected chi connectivity index (χ4v) is 3.62. The van der Waals surface area contributed by atoms with Gasteiger partial charge in [-0.1, -0.05) is 0 Å². The van der Waals surface area contributed by atoms with Crippen molar-refractivity contribution >= 4 is 39.7 Å². The average Bonchev–Trinajstić information content (AvgIpc) is 2.97. The lowest BCUT2D eigenvalue weighted by Crippen LogP contribution is -2.15. The number of benzene rings is 1. The number of anilines is 1. The van der Waals surface area contributed by atoms with Gasteiger partial charge in [-0.15, -0.1) is 11.3 Å². The maximum Gasteiger partial charge on any atom is 0.341 e. The van der Waals surface area contributed by atoms with E-state index < -0.39 is 16.8 Å². The lowest BCUT2D eigenvalue weighted by atomic mass is 10.1. The van der Waals surface area contributed by atoms with Gasteiger partial charge in [0, 0.05) is 11.6 Å². The Morgan fingerprint density at radius 3 is 2.50 bits per heavy atom. The van der Waals surface area contributed by atoms with Crippen molar-refractivity contribution in [2.45, 2.75) is 20.8 Å². The zero-order valence-corrected chi connectivity index (χ0v) is 16.5. The zero-order chi connectivity index (χ0) is 21.0. The lowest BCUT2D eigenvalue weighted by molar-refractivity contribution is -0.385. The summed E-state index contributed by atoms with van der Waals surface area (Å²) in [6.07, 6.45) is 0. The van der Waals surface area contributed by atoms with Crippen LogP contribution in [0.25, 0.3) is 0 Å². The van der Waals surface area contributed by atoms with E-state index in [0.717, 1.165) is 17.4 Å². The van der Waals surface area contributed by atoms with E-state index in [0.29, 0.717) is 10.4 Å². The van der Waals surface area contributed by atoms with Gasteiger partial charge in [-0.05, 0) is 38.5 Å². The number of ketones is 1. The number of ether oxygens (including phenoxy) is 2. The van der Waals surface area contributed by atoms with Crippen LogP contribution in [0.1, 0.15) is 49.8 Å². The van der Waals surface area contributed by atoms with Crippen LogP contribution in [-0.4, -0.2) is 36.3 Å². The standard InChI is InChI=1S/C18H18N2O7S/c1-5-27-18(23)14-9(2)15(10(3)21)28-17(14)19-16(22)11-6-7-13(26-4)12(8-11)20(24)25/h6-8H,5H2,1-4H3,(H,19,22). The molecule has 28 heavy (non-hydrogen) atoms. The number of nitro benzene ring substituents is 1. The first kappa shape index (κ1) is 21.0. The van der Waals surface area contributed by atoms with Crippen LogP contribution in [0.5, 0.6) is 5.75 Å². The third-order valence-electron chi connectivity index (χ3n) is 3.81. The van der Waals surface area contributed by atoms with Crippen molar-refractivity contribution in [3.63, 3.8) is 0 Å². The minimum absolute atomic E-state index is 0.00210. The largest absolute Gasteiger partial charge is 0.490 e. The highest BCUT2D eigenvalue weighted by Gasteiger charge is 2.26. The highest BCUT2D eigenvalue weighted by molar-refractivity contribution is 7.18. The summed E-state index contributed by atoms with van der Waals surface area (Å²) in [5, 5.41) is 13.8. The molecule has 0 saturated heterocycles. The number of esters is 1. The molecule has 9 nitrogen and oxygen atoms in total. The third-order valence-corrected chi connectivity index (χ3v) is 5.12. The van der Waals surface area contributed by atoms with Crippen molar-refractivity contribution < 1.29 is 28.8 Å². The number of hydrogen-bond donors (Lipinski definition) is 1. The quantitative estimate of drug-likeness (QED) is 0.322. The SMILES string of the molecule is CCOC(=O)c1c(NC(=O)c2ccc(OC)c([N+](=O)[O-])c2)sc(C(C)=O)c1C. The molecule has 0 aliphatic carbocycles. The van der Waals surface area contributed by atoms with E-state index in [2.05, 4.69) is 5.32 Å². The Bertz CT molecular complexity index is 965. The number of nitrogens with one attached hydrogen (secondary N) is 1. The Labute approximate surface area is 164 Å². The smallest absolute Gasteiger partial charge is 0.341 e. The van der Waals surface area contributed by atoms with Gasteiger partial charge in [-0.25, -0.2) is 4.79 Å². The molecule has 0 spiro atoms. The minimum Gasteiger partial charge on any atom is -0.490 e. The first-order valence-electron chi connectivity index (χ1n) is 8.16. The Balaban J connectivity index is 2.45. The van der Waals surface area contributed by atoms with Crippen LogP contribution in [-0.2, 0) is 4.74 Å². The molecular formula is C18H18N2O7S. The van der Waals surface area contributed by atoms with Gasteiger partial charge in [0.15, 0.2) is 11.5 Å². The van der Waals surface area contributed by atoms with Crippen LogP contribution in [0.3, 0.4) is 0 Å². The summed E-state index contributed by atoms with van der Waals surface area (Å²) >= 11 is 0.949. The van der Waals surface area contributed by atoms with E-state index in [1.54, 1.807) is 13.8 Å². The van der Waals surface area contributed by atoms with E-state index in [-0.39, 0.29) is 40.0 Å². The summed E-state index contributed by atoms with van der Waals surface area (Å²) in [5.74, 6) is -1.58. The fourth-order valence-electron chi connectivity index (χ4n) is 2.54. The molecule has 0 bridgehead atoms. The van der Waals surface area contributed by atoms with Gasteiger partial charge in [0.05, 0.1) is 29.1 Å². The molecule has 2 aromatic rings. The number of amides is 1. The summed E-state index contributed by atoms with van der Waals surface area (Å²) < 4.78 is 9.92. The Kier molecular flexibility index (Phi) is 6.47. The molecule has 0 aliphatic rings. The van der Waals surface area contributed by atoms with Crippen molar-refractivity contribution in [2.24, 2.45) is 0 Å². The van der Waals surface area contributed by atoms with Crippen molar-refractivity contribution in [3.8, 4) is 5.75 Å². The Hall–Kier alpha value is -3.27. The molecule has 1 aromatic carbocycles. The second-order valence-corrected chi connectivity index (χ2v) is 6.66. The van der Waals surface area contributed by atoms with E-state index in [4.69, 9.17) is 9.47 Å². The summed E-state index contributed by atoms with van der Waals surface area (Å²) in [5.41, 5.74) is 0.130. The summed E-state index contributed by atoms with van der Waals surface area (Å²) in [4.78, 5) is 47.5. The number of carbonyl (C=O) groups is 3. The van der Waals surface area contributed by atoms with Gasteiger partial charge in [0.2, 0.25) is 0 Å². The van der Waals surface area contributed by atoms with Crippen LogP contribution >= 0.6 is 11.3 Å². The second-order valence-electron chi connectivity index (χ2n) is 5.63. The topological polar surface area (TPSA) is 125 Å². The van der Waals surface area contributed by atoms with Crippen molar-refractivity contribution in [3.05, 3.63) is 49.9 Å². The summed E-state index contributed by atoms with van der Waals surface area (Å²) in [6, 6.07) is 3.74. The third kappa shape index (κ3) is 4.17. The van der Waals surface area contributed by atoms with Crippen LogP contribution < -0.4 is 10.1 Å². The van der Waals surface area contributed by atoms with Crippen LogP contribution in [0.4, 0.5) is 10.7 Å². The molecule has 1 N–H and O–H groups in total. The molecule has 0 radical (unpaired) electrons. The number of nitrogens with zero attached hydrogens (tertiary/aromatic N) is 1. The van der Waals surface area contributed by atoms with Crippen LogP contribution in [0.15, 0.2) is 18.2 Å². The van der Waals surface area contributed by atoms with Crippen molar-refractivity contribution in [1.82, 2.24) is 0 Å². The molecular weight excluding hydrogens is 388 g/mol. The number of thiophene rings is 1. The number of carbonyl (C=O) groups excluding carboxylic acids is 3. The highest BCUT2D eigenvalue weighted by atomic mass is 32.1. The van der Waals surface area contributed by atoms with Gasteiger partial charge >= 0.3 is 11.7 Å². The molecule has 1 amide bonds. The summed E-state index contributed by atoms with van der Waals surface area (Å²) in [7, 11) is 1.28. The summed E-state index contributed by atoms with van der Waals surface area (Å²) in [6.45, 7) is 4.71. The first-order chi connectivity index (χ1) is 13.2. The van der Waals surface area contributed by atoms with Crippen molar-refractivity contribution in [1.29, 1.82) is 0 Å². The average molecular weight is 406 g/mol. The number of rotatable bonds is 7. The van der Waals surface area contributed by atoms with Crippen LogP contribution in [0, 0.1) is 17.0 Å². The number of hydrogen-bond acceptors (Lipinski definition) is 8. The molecule has 0 atom stereocenters. The van der Waals surface area contributed by atoms with Gasteiger partial charge in [0.1, 0.15) is 5.00 Å². The predicted octanol–water partition coefficient (Wildman–Crippen LogP) is 3.60. The van der Waals surface area contributed by atoms with Gasteiger partial charge in [-0.2, -0.15) is 0 Å². The monoisotopic (exact) mass is 406 g/mol. The van der Waals surface area contributed by atoms with Gasteiger partial charge < -0.3 is 14.8 Å². The van der Waals surface area contributed by atoms with E-state index >= 15 is 0 Å². The molecule has 0 saturated carbocycles. The number of nitro groups is 1. The molecule has 0 unspecified atom stereocenters. The van der Waals surface area contributed by atoms with Crippen LogP contribution in [0.2, 0.25) is 0 Å². The molecule has 1 aromatic heterocycles. The Morgan fingerprint density at radius 1 is 1.29 bits per heavy atom. The second kappa shape index (κ2) is 8.61. The molecule has 0 fully saturated rings. The number of Topliss-reactive ketones (excluding diaryl/α,β-unsaturated/α-hetero) is 1. The molecule has 2 rings (SSSR count). The molecule has 10 heteroatoms. The minimum atomic E-state index is -0.673. The molecule has 148 valence electrons. The van der Waals surface area contributed by atoms with Gasteiger partial charge in [-0.3, -0.25) is 19.7 Å². The predicted molar refractivity (Wildman–Crippen MR) is 103 cm³/mol. The fraction of sp³-hybridized carbons (Fsp3) is 0.278. The normalized spacial score (nSPS) is 10.3. The van der Waals surface area contributed by atoms with Gasteiger partial charge in [0.25, 0.3) is 5.91 Å². The maximum absolute atomic E-state index is 12.6.